The van der Waals surface area contributed by atoms with Crippen LogP contribution in [0.1, 0.15) is 5.56 Å². The Morgan fingerprint density at radius 2 is 1.80 bits per heavy atom. The number of nitrogens with one attached hydrogen (secondary N) is 2. The monoisotopic (exact) mass is 402 g/mol. The Morgan fingerprint density at radius 3 is 2.40 bits per heavy atom. The van der Waals surface area contributed by atoms with Crippen molar-refractivity contribution in [3.8, 4) is 0 Å². The van der Waals surface area contributed by atoms with Crippen LogP contribution in [0, 0.1) is 3.57 Å². The van der Waals surface area contributed by atoms with Crippen molar-refractivity contribution in [1.29, 1.82) is 0 Å². The van der Waals surface area contributed by atoms with Crippen molar-refractivity contribution in [3.05, 3.63) is 57.7 Å². The molecule has 2 aromatic rings. The SMILES string of the molecule is CNCc1ccc(S(=O)(=O)Nc2cccc(I)c2)cc1. The average Bonchev–Trinajstić information content (AvgIpc) is 2.39. The van der Waals surface area contributed by atoms with Gasteiger partial charge in [-0.1, -0.05) is 18.2 Å². The molecule has 0 bridgehead atoms. The lowest BCUT2D eigenvalue weighted by Gasteiger charge is -2.09. The van der Waals surface area contributed by atoms with Crippen LogP contribution in [0.4, 0.5) is 5.69 Å². The van der Waals surface area contributed by atoms with Crippen LogP contribution < -0.4 is 10.0 Å². The third-order valence-electron chi connectivity index (χ3n) is 2.69. The molecule has 0 saturated heterocycles. The summed E-state index contributed by atoms with van der Waals surface area (Å²) in [5.41, 5.74) is 1.61. The maximum absolute atomic E-state index is 12.3. The van der Waals surface area contributed by atoms with Crippen LogP contribution in [0.15, 0.2) is 53.4 Å². The summed E-state index contributed by atoms with van der Waals surface area (Å²) in [6.07, 6.45) is 0. The van der Waals surface area contributed by atoms with Gasteiger partial charge in [-0.15, -0.1) is 0 Å². The Hall–Kier alpha value is -1.12. The summed E-state index contributed by atoms with van der Waals surface area (Å²) in [7, 11) is -1.69. The van der Waals surface area contributed by atoms with Gasteiger partial charge >= 0.3 is 0 Å². The van der Waals surface area contributed by atoms with Crippen molar-refractivity contribution < 1.29 is 8.42 Å². The van der Waals surface area contributed by atoms with E-state index in [1.807, 2.05) is 19.2 Å². The lowest BCUT2D eigenvalue weighted by Crippen LogP contribution is -2.13. The van der Waals surface area contributed by atoms with E-state index in [-0.39, 0.29) is 4.90 Å². The Labute approximate surface area is 132 Å². The molecular weight excluding hydrogens is 387 g/mol. The Kier molecular flexibility index (Phi) is 5.00. The van der Waals surface area contributed by atoms with Crippen LogP contribution in [0.25, 0.3) is 0 Å². The molecular formula is C14H15IN2O2S. The van der Waals surface area contributed by atoms with Gasteiger partial charge in [0, 0.05) is 15.8 Å². The molecule has 106 valence electrons. The van der Waals surface area contributed by atoms with Gasteiger partial charge in [0.25, 0.3) is 10.0 Å². The number of hydrogen-bond donors (Lipinski definition) is 2. The van der Waals surface area contributed by atoms with E-state index in [1.54, 1.807) is 36.4 Å². The van der Waals surface area contributed by atoms with Crippen LogP contribution in [-0.2, 0) is 16.6 Å². The fourth-order valence-electron chi connectivity index (χ4n) is 1.76. The summed E-state index contributed by atoms with van der Waals surface area (Å²) in [4.78, 5) is 0.260. The molecule has 6 heteroatoms. The quantitative estimate of drug-likeness (QED) is 0.757. The molecule has 0 fully saturated rings. The minimum absolute atomic E-state index is 0.260. The zero-order chi connectivity index (χ0) is 14.6. The molecule has 0 heterocycles. The molecule has 0 aliphatic rings. The molecule has 0 unspecified atom stereocenters. The van der Waals surface area contributed by atoms with Gasteiger partial charge in [0.15, 0.2) is 0 Å². The fourth-order valence-corrected chi connectivity index (χ4v) is 3.35. The Morgan fingerprint density at radius 1 is 1.10 bits per heavy atom. The van der Waals surface area contributed by atoms with Gasteiger partial charge in [0.05, 0.1) is 4.90 Å². The van der Waals surface area contributed by atoms with E-state index < -0.39 is 10.0 Å². The van der Waals surface area contributed by atoms with Crippen molar-refractivity contribution in [2.45, 2.75) is 11.4 Å². The van der Waals surface area contributed by atoms with Crippen molar-refractivity contribution >= 4 is 38.3 Å². The highest BCUT2D eigenvalue weighted by molar-refractivity contribution is 14.1. The van der Waals surface area contributed by atoms with Crippen molar-refractivity contribution in [1.82, 2.24) is 5.32 Å². The first-order chi connectivity index (χ1) is 9.51. The summed E-state index contributed by atoms with van der Waals surface area (Å²) in [5, 5.41) is 3.02. The number of hydrogen-bond acceptors (Lipinski definition) is 3. The van der Waals surface area contributed by atoms with Crippen molar-refractivity contribution in [2.75, 3.05) is 11.8 Å². The number of benzene rings is 2. The zero-order valence-corrected chi connectivity index (χ0v) is 13.9. The molecule has 4 nitrogen and oxygen atoms in total. The number of sulfonamides is 1. The van der Waals surface area contributed by atoms with Crippen molar-refractivity contribution in [2.24, 2.45) is 0 Å². The van der Waals surface area contributed by atoms with Gasteiger partial charge in [-0.25, -0.2) is 8.42 Å². The van der Waals surface area contributed by atoms with E-state index in [1.165, 1.54) is 0 Å². The summed E-state index contributed by atoms with van der Waals surface area (Å²) in [6.45, 7) is 0.713. The molecule has 0 amide bonds. The lowest BCUT2D eigenvalue weighted by molar-refractivity contribution is 0.601. The maximum Gasteiger partial charge on any atom is 0.261 e. The molecule has 0 aromatic heterocycles. The second-order valence-electron chi connectivity index (χ2n) is 4.29. The zero-order valence-electron chi connectivity index (χ0n) is 10.9. The third kappa shape index (κ3) is 3.94. The van der Waals surface area contributed by atoms with E-state index in [0.717, 1.165) is 9.13 Å². The minimum atomic E-state index is -3.54. The van der Waals surface area contributed by atoms with Crippen LogP contribution in [-0.4, -0.2) is 15.5 Å². The van der Waals surface area contributed by atoms with Gasteiger partial charge in [0.1, 0.15) is 0 Å². The normalized spacial score (nSPS) is 11.3. The highest BCUT2D eigenvalue weighted by atomic mass is 127. The highest BCUT2D eigenvalue weighted by Gasteiger charge is 2.13. The van der Waals surface area contributed by atoms with E-state index in [0.29, 0.717) is 12.2 Å². The lowest BCUT2D eigenvalue weighted by atomic mass is 10.2. The molecule has 0 atom stereocenters. The van der Waals surface area contributed by atoms with Gasteiger partial charge in [-0.2, -0.15) is 0 Å². The molecule has 2 aromatic carbocycles. The first kappa shape index (κ1) is 15.3. The fraction of sp³-hybridized carbons (Fsp3) is 0.143. The maximum atomic E-state index is 12.3. The molecule has 0 radical (unpaired) electrons. The summed E-state index contributed by atoms with van der Waals surface area (Å²) in [5.74, 6) is 0. The predicted octanol–water partition coefficient (Wildman–Crippen LogP) is 2.81. The second-order valence-corrected chi connectivity index (χ2v) is 7.22. The average molecular weight is 402 g/mol. The Balaban J connectivity index is 2.21. The topological polar surface area (TPSA) is 58.2 Å². The van der Waals surface area contributed by atoms with Crippen LogP contribution in [0.5, 0.6) is 0 Å². The largest absolute Gasteiger partial charge is 0.316 e. The second kappa shape index (κ2) is 6.55. The third-order valence-corrected chi connectivity index (χ3v) is 4.76. The predicted molar refractivity (Wildman–Crippen MR) is 89.2 cm³/mol. The van der Waals surface area contributed by atoms with E-state index >= 15 is 0 Å². The van der Waals surface area contributed by atoms with Gasteiger partial charge in [-0.3, -0.25) is 4.72 Å². The standard InChI is InChI=1S/C14H15IN2O2S/c1-16-10-11-5-7-14(8-6-11)20(18,19)17-13-4-2-3-12(15)9-13/h2-9,16-17H,10H2,1H3. The van der Waals surface area contributed by atoms with Gasteiger partial charge in [0.2, 0.25) is 0 Å². The van der Waals surface area contributed by atoms with E-state index in [4.69, 9.17) is 0 Å². The first-order valence-corrected chi connectivity index (χ1v) is 8.59. The molecule has 0 aliphatic carbocycles. The number of rotatable bonds is 5. The molecule has 0 saturated carbocycles. The highest BCUT2D eigenvalue weighted by Crippen LogP contribution is 2.18. The van der Waals surface area contributed by atoms with Crippen LogP contribution in [0.2, 0.25) is 0 Å². The molecule has 0 aliphatic heterocycles. The van der Waals surface area contributed by atoms with Crippen LogP contribution >= 0.6 is 22.6 Å². The summed E-state index contributed by atoms with van der Waals surface area (Å²) >= 11 is 2.14. The molecule has 2 N–H and O–H groups in total. The smallest absolute Gasteiger partial charge is 0.261 e. The summed E-state index contributed by atoms with van der Waals surface area (Å²) in [6, 6.07) is 14.1. The van der Waals surface area contributed by atoms with Crippen LogP contribution in [0.3, 0.4) is 0 Å². The molecule has 0 spiro atoms. The van der Waals surface area contributed by atoms with E-state index in [9.17, 15) is 8.42 Å². The molecule has 20 heavy (non-hydrogen) atoms. The van der Waals surface area contributed by atoms with Crippen molar-refractivity contribution in [3.63, 3.8) is 0 Å². The van der Waals surface area contributed by atoms with E-state index in [2.05, 4.69) is 32.6 Å². The number of halogens is 1. The number of anilines is 1. The first-order valence-electron chi connectivity index (χ1n) is 6.03. The minimum Gasteiger partial charge on any atom is -0.316 e. The van der Waals surface area contributed by atoms with Gasteiger partial charge < -0.3 is 5.32 Å². The molecule has 2 rings (SSSR count). The summed E-state index contributed by atoms with van der Waals surface area (Å²) < 4.78 is 28.1. The van der Waals surface area contributed by atoms with Gasteiger partial charge in [-0.05, 0) is 65.5 Å². The Bertz CT molecular complexity index is 685.